The van der Waals surface area contributed by atoms with Crippen LogP contribution in [0.15, 0.2) is 42.5 Å². The molecule has 114 valence electrons. The highest BCUT2D eigenvalue weighted by Gasteiger charge is 2.00. The number of aryl methyl sites for hydroxylation is 1. The third-order valence-corrected chi connectivity index (χ3v) is 3.00. The minimum atomic E-state index is 0.606. The Balaban J connectivity index is 0.000000346. The number of rotatable bonds is 4. The van der Waals surface area contributed by atoms with Crippen molar-refractivity contribution in [1.29, 1.82) is 0 Å². The Hall–Kier alpha value is -2.40. The van der Waals surface area contributed by atoms with Crippen LogP contribution < -0.4 is 0 Å². The molecule has 2 aromatic rings. The molecule has 1 aromatic carbocycles. The van der Waals surface area contributed by atoms with E-state index in [1.807, 2.05) is 43.3 Å². The molecule has 0 spiro atoms. The zero-order chi connectivity index (χ0) is 16.2. The fraction of sp³-hybridized carbons (Fsp3) is 0.300. The molecule has 1 heterocycles. The van der Waals surface area contributed by atoms with Crippen LogP contribution in [0.1, 0.15) is 44.6 Å². The molecule has 0 aliphatic carbocycles. The maximum atomic E-state index is 5.17. The number of aromatic nitrogens is 2. The van der Waals surface area contributed by atoms with Crippen molar-refractivity contribution in [2.75, 3.05) is 0 Å². The Labute approximate surface area is 134 Å². The Morgan fingerprint density at radius 2 is 1.95 bits per heavy atom. The summed E-state index contributed by atoms with van der Waals surface area (Å²) in [5, 5.41) is 1.09. The first-order valence-electron chi connectivity index (χ1n) is 7.67. The third-order valence-electron chi connectivity index (χ3n) is 3.00. The molecule has 22 heavy (non-hydrogen) atoms. The van der Waals surface area contributed by atoms with Crippen molar-refractivity contribution < 1.29 is 0 Å². The van der Waals surface area contributed by atoms with Gasteiger partial charge in [-0.3, -0.25) is 0 Å². The summed E-state index contributed by atoms with van der Waals surface area (Å²) in [6.07, 6.45) is 16.3. The number of allylic oxidation sites excluding steroid dienone is 3. The van der Waals surface area contributed by atoms with Crippen LogP contribution in [-0.4, -0.2) is 9.97 Å². The van der Waals surface area contributed by atoms with Crippen LogP contribution in [0.3, 0.4) is 0 Å². The zero-order valence-electron chi connectivity index (χ0n) is 13.7. The molecule has 2 nitrogen and oxygen atoms in total. The van der Waals surface area contributed by atoms with Crippen LogP contribution in [0, 0.1) is 19.3 Å². The minimum absolute atomic E-state index is 0.606. The summed E-state index contributed by atoms with van der Waals surface area (Å²) in [5.74, 6) is 3.26. The molecule has 0 aliphatic rings. The van der Waals surface area contributed by atoms with E-state index < -0.39 is 0 Å². The number of unbranched alkanes of at least 4 members (excludes halogenated alkanes) is 1. The molecule has 1 aromatic heterocycles. The molecule has 0 fully saturated rings. The van der Waals surface area contributed by atoms with E-state index in [0.717, 1.165) is 16.6 Å². The summed E-state index contributed by atoms with van der Waals surface area (Å²) in [7, 11) is 0. The van der Waals surface area contributed by atoms with Gasteiger partial charge in [-0.2, -0.15) is 0 Å². The second kappa shape index (κ2) is 10.3. The number of para-hydroxylation sites is 1. The molecule has 0 unspecified atom stereocenters. The number of fused-ring (bicyclic) bond motifs is 1. The van der Waals surface area contributed by atoms with Crippen LogP contribution in [0.2, 0.25) is 0 Å². The van der Waals surface area contributed by atoms with Gasteiger partial charge in [0.2, 0.25) is 0 Å². The van der Waals surface area contributed by atoms with Crippen molar-refractivity contribution in [3.05, 3.63) is 54.0 Å². The van der Waals surface area contributed by atoms with Crippen molar-refractivity contribution in [3.8, 4) is 12.3 Å². The van der Waals surface area contributed by atoms with E-state index in [1.54, 1.807) is 0 Å². The summed E-state index contributed by atoms with van der Waals surface area (Å²) in [4.78, 5) is 8.85. The van der Waals surface area contributed by atoms with Crippen LogP contribution in [0.5, 0.6) is 0 Å². The SMILES string of the molecule is C#CC/C=C/c1nc(C)c2ccccc2n1.C/C=C\CCC. The number of nitrogens with zero attached hydrogens (tertiary/aromatic N) is 2. The maximum Gasteiger partial charge on any atom is 0.152 e. The minimum Gasteiger partial charge on any atom is -0.233 e. The first-order chi connectivity index (χ1) is 10.7. The molecule has 0 aliphatic heterocycles. The lowest BCUT2D eigenvalue weighted by Gasteiger charge is -2.01. The average Bonchev–Trinajstić information content (AvgIpc) is 2.54. The highest BCUT2D eigenvalue weighted by molar-refractivity contribution is 5.81. The van der Waals surface area contributed by atoms with Gasteiger partial charge in [-0.05, 0) is 32.4 Å². The van der Waals surface area contributed by atoms with Gasteiger partial charge in [0.1, 0.15) is 0 Å². The van der Waals surface area contributed by atoms with Gasteiger partial charge in [-0.15, -0.1) is 12.3 Å². The lowest BCUT2D eigenvalue weighted by molar-refractivity contribution is 0.957. The molecular weight excluding hydrogens is 268 g/mol. The van der Waals surface area contributed by atoms with E-state index in [9.17, 15) is 0 Å². The predicted molar refractivity (Wildman–Crippen MR) is 96.5 cm³/mol. The average molecular weight is 292 g/mol. The molecule has 0 saturated carbocycles. The molecule has 2 heteroatoms. The van der Waals surface area contributed by atoms with E-state index in [2.05, 4.69) is 41.9 Å². The lowest BCUT2D eigenvalue weighted by Crippen LogP contribution is -1.92. The first kappa shape index (κ1) is 17.7. The smallest absolute Gasteiger partial charge is 0.152 e. The number of benzene rings is 1. The Morgan fingerprint density at radius 1 is 1.18 bits per heavy atom. The van der Waals surface area contributed by atoms with Crippen LogP contribution in [0.4, 0.5) is 0 Å². The Kier molecular flexibility index (Phi) is 8.30. The third kappa shape index (κ3) is 5.93. The van der Waals surface area contributed by atoms with Gasteiger partial charge in [-0.25, -0.2) is 9.97 Å². The summed E-state index contributed by atoms with van der Waals surface area (Å²) in [6.45, 7) is 6.22. The molecule has 0 atom stereocenters. The molecular formula is C20H24N2. The van der Waals surface area contributed by atoms with Crippen molar-refractivity contribution in [1.82, 2.24) is 9.97 Å². The normalized spacial score (nSPS) is 10.6. The summed E-state index contributed by atoms with van der Waals surface area (Å²) < 4.78 is 0. The number of hydrogen-bond acceptors (Lipinski definition) is 2. The van der Waals surface area contributed by atoms with Gasteiger partial charge in [0.15, 0.2) is 5.82 Å². The van der Waals surface area contributed by atoms with Crippen LogP contribution >= 0.6 is 0 Å². The molecule has 0 bridgehead atoms. The van der Waals surface area contributed by atoms with E-state index in [1.165, 1.54) is 12.8 Å². The summed E-state index contributed by atoms with van der Waals surface area (Å²) in [6, 6.07) is 7.98. The molecule has 2 rings (SSSR count). The monoisotopic (exact) mass is 292 g/mol. The fourth-order valence-electron chi connectivity index (χ4n) is 1.90. The van der Waals surface area contributed by atoms with Gasteiger partial charge in [0.25, 0.3) is 0 Å². The first-order valence-corrected chi connectivity index (χ1v) is 7.67. The maximum absolute atomic E-state index is 5.17. The second-order valence-corrected chi connectivity index (χ2v) is 4.85. The van der Waals surface area contributed by atoms with E-state index in [-0.39, 0.29) is 0 Å². The van der Waals surface area contributed by atoms with Gasteiger partial charge in [0.05, 0.1) is 5.52 Å². The molecule has 0 radical (unpaired) electrons. The predicted octanol–water partition coefficient (Wildman–Crippen LogP) is 5.34. The van der Waals surface area contributed by atoms with Crippen LogP contribution in [0.25, 0.3) is 17.0 Å². The van der Waals surface area contributed by atoms with Crippen molar-refractivity contribution in [3.63, 3.8) is 0 Å². The van der Waals surface area contributed by atoms with Gasteiger partial charge in [0, 0.05) is 17.5 Å². The molecule has 0 saturated heterocycles. The van der Waals surface area contributed by atoms with E-state index >= 15 is 0 Å². The highest BCUT2D eigenvalue weighted by atomic mass is 14.9. The number of hydrogen-bond donors (Lipinski definition) is 0. The standard InChI is InChI=1S/C14H12N2.C6H12/c1-3-4-5-10-14-15-11(2)12-8-6-7-9-13(12)16-14;1-3-5-6-4-2/h1,5-10H,4H2,2H3;3,5H,4,6H2,1-2H3/b10-5+;5-3-. The van der Waals surface area contributed by atoms with E-state index in [4.69, 9.17) is 6.42 Å². The second-order valence-electron chi connectivity index (χ2n) is 4.85. The van der Waals surface area contributed by atoms with Crippen molar-refractivity contribution in [2.45, 2.75) is 40.0 Å². The Bertz CT molecular complexity index is 676. The molecule has 0 N–H and O–H groups in total. The Morgan fingerprint density at radius 3 is 2.59 bits per heavy atom. The summed E-state index contributed by atoms with van der Waals surface area (Å²) >= 11 is 0. The molecule has 0 amide bonds. The number of terminal acetylenes is 1. The lowest BCUT2D eigenvalue weighted by atomic mass is 10.2. The van der Waals surface area contributed by atoms with Crippen molar-refractivity contribution in [2.24, 2.45) is 0 Å². The zero-order valence-corrected chi connectivity index (χ0v) is 13.7. The largest absolute Gasteiger partial charge is 0.233 e. The van der Waals surface area contributed by atoms with Gasteiger partial charge >= 0.3 is 0 Å². The van der Waals surface area contributed by atoms with Gasteiger partial charge < -0.3 is 0 Å². The topological polar surface area (TPSA) is 25.8 Å². The van der Waals surface area contributed by atoms with Gasteiger partial charge in [-0.1, -0.05) is 49.8 Å². The van der Waals surface area contributed by atoms with Crippen molar-refractivity contribution >= 4 is 17.0 Å². The van der Waals surface area contributed by atoms with Crippen LogP contribution in [-0.2, 0) is 0 Å². The van der Waals surface area contributed by atoms with E-state index in [0.29, 0.717) is 12.2 Å². The fourth-order valence-corrected chi connectivity index (χ4v) is 1.90. The quantitative estimate of drug-likeness (QED) is 0.561. The highest BCUT2D eigenvalue weighted by Crippen LogP contribution is 2.14. The summed E-state index contributed by atoms with van der Waals surface area (Å²) in [5.41, 5.74) is 1.96.